The van der Waals surface area contributed by atoms with E-state index < -0.39 is 46.8 Å². The molecular weight excluding hydrogens is 742 g/mol. The molecule has 0 saturated carbocycles. The fourth-order valence-corrected chi connectivity index (χ4v) is 7.29. The first-order valence-corrected chi connectivity index (χ1v) is 18.1. The van der Waals surface area contributed by atoms with Gasteiger partial charge in [0, 0.05) is 23.8 Å². The van der Waals surface area contributed by atoms with Crippen LogP contribution < -0.4 is 5.32 Å². The maximum Gasteiger partial charge on any atom is 0.257 e. The molecule has 1 aromatic heterocycles. The maximum absolute atomic E-state index is 14.2. The van der Waals surface area contributed by atoms with Gasteiger partial charge in [0.05, 0.1) is 24.5 Å². The van der Waals surface area contributed by atoms with E-state index in [0.29, 0.717) is 16.5 Å². The van der Waals surface area contributed by atoms with Crippen LogP contribution in [-0.2, 0) is 22.6 Å². The van der Waals surface area contributed by atoms with E-state index in [9.17, 15) is 31.9 Å². The summed E-state index contributed by atoms with van der Waals surface area (Å²) in [7, 11) is 0. The van der Waals surface area contributed by atoms with Crippen molar-refractivity contribution in [2.24, 2.45) is 5.92 Å². The van der Waals surface area contributed by atoms with E-state index in [1.165, 1.54) is 11.8 Å². The zero-order valence-corrected chi connectivity index (χ0v) is 29.8. The number of carbonyl (C=O) groups excluding carboxylic acids is 1. The number of ether oxygens (including phenoxy) is 2. The van der Waals surface area contributed by atoms with Crippen LogP contribution in [0.5, 0.6) is 0 Å². The van der Waals surface area contributed by atoms with E-state index in [1.54, 1.807) is 22.9 Å². The Kier molecular flexibility index (Phi) is 11.3. The fraction of sp³-hybridized carbons (Fsp3) is 0.200. The van der Waals surface area contributed by atoms with Crippen LogP contribution in [0.2, 0.25) is 0 Å². The van der Waals surface area contributed by atoms with Gasteiger partial charge >= 0.3 is 0 Å². The lowest BCUT2D eigenvalue weighted by molar-refractivity contribution is -0.268. The third kappa shape index (κ3) is 8.01. The molecule has 1 saturated heterocycles. The highest BCUT2D eigenvalue weighted by Crippen LogP contribution is 2.43. The highest BCUT2D eigenvalue weighted by molar-refractivity contribution is 7.99. The topological polar surface area (TPSA) is 111 Å². The minimum Gasteiger partial charge on any atom is -0.392 e. The van der Waals surface area contributed by atoms with Gasteiger partial charge in [-0.2, -0.15) is 4.68 Å². The Morgan fingerprint density at radius 2 is 1.45 bits per heavy atom. The SMILES string of the molecule is CC1C(CSc2nnnn2-c2ccccc2)OC(c2ccc(-c3cccc(CNC(=O)c4c(F)c(F)c(F)c(F)c4F)c3)cc2)OC1c1ccc(CO)cc1. The third-order valence-electron chi connectivity index (χ3n) is 9.27. The smallest absolute Gasteiger partial charge is 0.257 e. The zero-order valence-electron chi connectivity index (χ0n) is 29.0. The molecule has 6 aromatic rings. The number of thioether (sulfide) groups is 1. The number of tetrazole rings is 1. The Hall–Kier alpha value is -5.48. The van der Waals surface area contributed by atoms with Crippen molar-refractivity contribution in [2.75, 3.05) is 5.75 Å². The number of halogens is 5. The summed E-state index contributed by atoms with van der Waals surface area (Å²) in [6.45, 7) is 1.74. The number of hydrogen-bond donors (Lipinski definition) is 2. The average Bonchev–Trinajstić information content (AvgIpc) is 3.70. The van der Waals surface area contributed by atoms with Gasteiger partial charge in [0.2, 0.25) is 11.0 Å². The highest BCUT2D eigenvalue weighted by atomic mass is 32.2. The van der Waals surface area contributed by atoms with Gasteiger partial charge in [-0.15, -0.1) is 5.10 Å². The Balaban J connectivity index is 1.08. The Morgan fingerprint density at radius 3 is 2.15 bits per heavy atom. The van der Waals surface area contributed by atoms with Crippen molar-refractivity contribution in [3.8, 4) is 16.8 Å². The average molecular weight is 774 g/mol. The summed E-state index contributed by atoms with van der Waals surface area (Å²) in [5, 5.41) is 24.7. The van der Waals surface area contributed by atoms with Crippen LogP contribution in [0.25, 0.3) is 16.8 Å². The van der Waals surface area contributed by atoms with Crippen LogP contribution in [0.1, 0.15) is 51.9 Å². The number of aromatic nitrogens is 4. The van der Waals surface area contributed by atoms with Crippen molar-refractivity contribution in [1.29, 1.82) is 0 Å². The number of rotatable bonds is 11. The molecule has 15 heteroatoms. The summed E-state index contributed by atoms with van der Waals surface area (Å²) >= 11 is 1.47. The Bertz CT molecular complexity index is 2270. The van der Waals surface area contributed by atoms with Crippen molar-refractivity contribution < 1.29 is 41.3 Å². The van der Waals surface area contributed by atoms with Crippen molar-refractivity contribution in [3.05, 3.63) is 160 Å². The Labute approximate surface area is 316 Å². The lowest BCUT2D eigenvalue weighted by atomic mass is 9.91. The van der Waals surface area contributed by atoms with Gasteiger partial charge in [0.15, 0.2) is 29.6 Å². The summed E-state index contributed by atoms with van der Waals surface area (Å²) in [5.74, 6) is -12.2. The van der Waals surface area contributed by atoms with E-state index in [1.807, 2.05) is 84.9 Å². The molecule has 1 fully saturated rings. The second-order valence-electron chi connectivity index (χ2n) is 12.8. The molecule has 2 N–H and O–H groups in total. The van der Waals surface area contributed by atoms with E-state index in [2.05, 4.69) is 27.8 Å². The van der Waals surface area contributed by atoms with Crippen molar-refractivity contribution in [3.63, 3.8) is 0 Å². The van der Waals surface area contributed by atoms with Crippen LogP contribution in [0, 0.1) is 35.0 Å². The zero-order chi connectivity index (χ0) is 38.6. The van der Waals surface area contributed by atoms with E-state index in [0.717, 1.165) is 33.5 Å². The largest absolute Gasteiger partial charge is 0.392 e. The standard InChI is InChI=1S/C40H32F5N5O4S/c1-22-30(21-55-40-47-48-49-50(40)29-8-3-2-4-9-29)53-39(54-37(22)26-12-10-23(20-51)11-13-26)27-16-14-25(15-17-27)28-7-5-6-24(18-28)19-46-38(52)31-32(41)34(43)36(45)35(44)33(31)42/h2-18,22,30,37,39,51H,19-21H2,1H3,(H,46,52). The van der Waals surface area contributed by atoms with Gasteiger partial charge in [0.25, 0.3) is 5.91 Å². The molecule has 4 unspecified atom stereocenters. The number of aliphatic hydroxyl groups excluding tert-OH is 1. The van der Waals surface area contributed by atoms with E-state index >= 15 is 0 Å². The minimum atomic E-state index is -2.34. The predicted molar refractivity (Wildman–Crippen MR) is 192 cm³/mol. The number of para-hydroxylation sites is 1. The van der Waals surface area contributed by atoms with Crippen LogP contribution in [0.15, 0.2) is 108 Å². The number of benzene rings is 5. The number of aliphatic hydroxyl groups is 1. The monoisotopic (exact) mass is 773 g/mol. The van der Waals surface area contributed by atoms with Crippen molar-refractivity contribution >= 4 is 17.7 Å². The van der Waals surface area contributed by atoms with Gasteiger partial charge in [-0.1, -0.05) is 104 Å². The normalized spacial score (nSPS) is 18.3. The third-order valence-corrected chi connectivity index (χ3v) is 10.3. The summed E-state index contributed by atoms with van der Waals surface area (Å²) < 4.78 is 83.9. The van der Waals surface area contributed by atoms with Crippen molar-refractivity contribution in [1.82, 2.24) is 25.5 Å². The molecule has 9 nitrogen and oxygen atoms in total. The predicted octanol–water partition coefficient (Wildman–Crippen LogP) is 8.03. The molecule has 4 atom stereocenters. The Morgan fingerprint density at radius 1 is 0.782 bits per heavy atom. The number of amides is 1. The molecule has 5 aromatic carbocycles. The molecule has 0 aliphatic carbocycles. The first-order chi connectivity index (χ1) is 26.6. The van der Waals surface area contributed by atoms with E-state index in [-0.39, 0.29) is 31.3 Å². The fourth-order valence-electron chi connectivity index (χ4n) is 6.24. The molecule has 0 bridgehead atoms. The van der Waals surface area contributed by atoms with E-state index in [4.69, 9.17) is 9.47 Å². The number of nitrogens with zero attached hydrogens (tertiary/aromatic N) is 4. The molecule has 0 radical (unpaired) electrons. The molecule has 1 aliphatic rings. The van der Waals surface area contributed by atoms with Crippen LogP contribution in [-0.4, -0.2) is 43.1 Å². The lowest BCUT2D eigenvalue weighted by Gasteiger charge is -2.41. The molecule has 1 amide bonds. The number of hydrogen-bond acceptors (Lipinski definition) is 8. The van der Waals surface area contributed by atoms with Crippen LogP contribution >= 0.6 is 11.8 Å². The summed E-state index contributed by atoms with van der Waals surface area (Å²) in [6, 6.07) is 31.6. The molecule has 282 valence electrons. The van der Waals surface area contributed by atoms with Crippen LogP contribution in [0.3, 0.4) is 0 Å². The summed E-state index contributed by atoms with van der Waals surface area (Å²) in [4.78, 5) is 12.5. The lowest BCUT2D eigenvalue weighted by Crippen LogP contribution is -2.38. The second kappa shape index (κ2) is 16.5. The van der Waals surface area contributed by atoms with Crippen LogP contribution in [0.4, 0.5) is 22.0 Å². The minimum absolute atomic E-state index is 0.0786. The number of nitrogens with one attached hydrogen (secondary N) is 1. The van der Waals surface area contributed by atoms with Gasteiger partial charge in [-0.3, -0.25) is 4.79 Å². The first-order valence-electron chi connectivity index (χ1n) is 17.1. The second-order valence-corrected chi connectivity index (χ2v) is 13.8. The molecule has 0 spiro atoms. The molecule has 7 rings (SSSR count). The van der Waals surface area contributed by atoms with Gasteiger partial charge in [-0.25, -0.2) is 22.0 Å². The van der Waals surface area contributed by atoms with Crippen molar-refractivity contribution in [2.45, 2.75) is 43.7 Å². The number of carbonyl (C=O) groups is 1. The molecule has 55 heavy (non-hydrogen) atoms. The maximum atomic E-state index is 14.2. The van der Waals surface area contributed by atoms with Gasteiger partial charge < -0.3 is 19.9 Å². The van der Waals surface area contributed by atoms with Gasteiger partial charge in [0.1, 0.15) is 5.56 Å². The highest BCUT2D eigenvalue weighted by Gasteiger charge is 2.39. The summed E-state index contributed by atoms with van der Waals surface area (Å²) in [5.41, 5.74) is 3.78. The quantitative estimate of drug-likeness (QED) is 0.0590. The van der Waals surface area contributed by atoms with Gasteiger partial charge in [-0.05, 0) is 56.4 Å². The molecular formula is C40H32F5N5O4S. The molecule has 2 heterocycles. The first kappa shape index (κ1) is 37.8. The summed E-state index contributed by atoms with van der Waals surface area (Å²) in [6.07, 6.45) is -1.38. The molecule has 1 aliphatic heterocycles.